The lowest BCUT2D eigenvalue weighted by molar-refractivity contribution is -0.135. The predicted molar refractivity (Wildman–Crippen MR) is 71.8 cm³/mol. The lowest BCUT2D eigenvalue weighted by Crippen LogP contribution is -2.41. The number of carbonyl (C=O) groups is 1. The summed E-state index contributed by atoms with van der Waals surface area (Å²) in [6.45, 7) is 3.44. The van der Waals surface area contributed by atoms with Crippen LogP contribution in [-0.2, 0) is 16.1 Å². The first-order valence-electron chi connectivity index (χ1n) is 6.70. The van der Waals surface area contributed by atoms with Gasteiger partial charge in [-0.1, -0.05) is 0 Å². The first-order chi connectivity index (χ1) is 9.65. The highest BCUT2D eigenvalue weighted by molar-refractivity contribution is 5.76. The van der Waals surface area contributed by atoms with Crippen molar-refractivity contribution in [1.82, 2.24) is 10.2 Å². The minimum Gasteiger partial charge on any atom is -0.508 e. The van der Waals surface area contributed by atoms with E-state index in [2.05, 4.69) is 5.32 Å². The fourth-order valence-electron chi connectivity index (χ4n) is 2.13. The van der Waals surface area contributed by atoms with Crippen molar-refractivity contribution in [3.8, 4) is 5.75 Å². The highest BCUT2D eigenvalue weighted by atomic mass is 19.1. The van der Waals surface area contributed by atoms with Crippen LogP contribution in [0.5, 0.6) is 5.75 Å². The van der Waals surface area contributed by atoms with Gasteiger partial charge in [-0.3, -0.25) is 4.79 Å². The smallest absolute Gasteiger partial charge is 0.224 e. The Kier molecular flexibility index (Phi) is 5.31. The Labute approximate surface area is 117 Å². The summed E-state index contributed by atoms with van der Waals surface area (Å²) in [5.41, 5.74) is 0.654. The second kappa shape index (κ2) is 7.21. The number of halogens is 1. The fraction of sp³-hybridized carbons (Fsp3) is 0.500. The number of amides is 1. The number of carbonyl (C=O) groups excluding carboxylic acids is 1. The standard InChI is InChI=1S/C14H19FN2O3/c15-12-7-11(8-13(18)9-12)10-16-2-1-14(19)17-3-5-20-6-4-17/h7-9,16,18H,1-6,10H2. The van der Waals surface area contributed by atoms with Crippen LogP contribution in [0.1, 0.15) is 12.0 Å². The molecule has 0 bridgehead atoms. The molecule has 0 unspecified atom stereocenters. The van der Waals surface area contributed by atoms with Crippen LogP contribution in [-0.4, -0.2) is 48.8 Å². The number of ether oxygens (including phenoxy) is 1. The molecule has 1 aromatic rings. The van der Waals surface area contributed by atoms with Gasteiger partial charge in [-0.15, -0.1) is 0 Å². The summed E-state index contributed by atoms with van der Waals surface area (Å²) in [6, 6.07) is 3.92. The Balaban J connectivity index is 1.69. The molecule has 6 heteroatoms. The molecule has 0 aromatic heterocycles. The molecule has 1 aliphatic rings. The lowest BCUT2D eigenvalue weighted by Gasteiger charge is -2.26. The van der Waals surface area contributed by atoms with Crippen LogP contribution >= 0.6 is 0 Å². The summed E-state index contributed by atoms with van der Waals surface area (Å²) < 4.78 is 18.2. The van der Waals surface area contributed by atoms with Crippen LogP contribution in [0, 0.1) is 5.82 Å². The second-order valence-electron chi connectivity index (χ2n) is 4.74. The molecule has 1 aliphatic heterocycles. The Morgan fingerprint density at radius 1 is 1.35 bits per heavy atom. The first-order valence-corrected chi connectivity index (χ1v) is 6.70. The quantitative estimate of drug-likeness (QED) is 0.787. The minimum atomic E-state index is -0.466. The number of phenolic OH excluding ortho intramolecular Hbond substituents is 1. The zero-order valence-electron chi connectivity index (χ0n) is 11.3. The Bertz CT molecular complexity index is 441. The first kappa shape index (κ1) is 14.7. The SMILES string of the molecule is O=C(CCNCc1cc(O)cc(F)c1)N1CCOCC1. The van der Waals surface area contributed by atoms with E-state index < -0.39 is 5.82 Å². The van der Waals surface area contributed by atoms with E-state index >= 15 is 0 Å². The summed E-state index contributed by atoms with van der Waals surface area (Å²) >= 11 is 0. The van der Waals surface area contributed by atoms with Gasteiger partial charge in [-0.05, 0) is 17.7 Å². The zero-order chi connectivity index (χ0) is 14.4. The van der Waals surface area contributed by atoms with Gasteiger partial charge in [0, 0.05) is 38.7 Å². The van der Waals surface area contributed by atoms with Crippen molar-refractivity contribution in [2.24, 2.45) is 0 Å². The van der Waals surface area contributed by atoms with Crippen LogP contribution in [0.3, 0.4) is 0 Å². The lowest BCUT2D eigenvalue weighted by atomic mass is 10.2. The van der Waals surface area contributed by atoms with Gasteiger partial charge in [0.2, 0.25) is 5.91 Å². The van der Waals surface area contributed by atoms with E-state index in [4.69, 9.17) is 4.74 Å². The molecule has 1 heterocycles. The van der Waals surface area contributed by atoms with Crippen LogP contribution in [0.2, 0.25) is 0 Å². The van der Waals surface area contributed by atoms with Gasteiger partial charge in [0.1, 0.15) is 11.6 Å². The third kappa shape index (κ3) is 4.47. The number of phenols is 1. The van der Waals surface area contributed by atoms with E-state index in [1.54, 1.807) is 4.90 Å². The molecule has 1 amide bonds. The largest absolute Gasteiger partial charge is 0.508 e. The predicted octanol–water partition coefficient (Wildman–Crippen LogP) is 0.870. The molecular formula is C14H19FN2O3. The van der Waals surface area contributed by atoms with Crippen molar-refractivity contribution in [2.45, 2.75) is 13.0 Å². The maximum Gasteiger partial charge on any atom is 0.224 e. The molecule has 2 rings (SSSR count). The molecule has 0 atom stereocenters. The highest BCUT2D eigenvalue weighted by Crippen LogP contribution is 2.14. The molecule has 1 fully saturated rings. The Hall–Kier alpha value is -1.66. The number of nitrogens with one attached hydrogen (secondary N) is 1. The molecule has 1 aromatic carbocycles. The molecule has 2 N–H and O–H groups in total. The van der Waals surface area contributed by atoms with E-state index in [1.165, 1.54) is 12.1 Å². The van der Waals surface area contributed by atoms with Crippen molar-refractivity contribution in [3.63, 3.8) is 0 Å². The third-order valence-corrected chi connectivity index (χ3v) is 3.15. The van der Waals surface area contributed by atoms with E-state index in [-0.39, 0.29) is 11.7 Å². The monoisotopic (exact) mass is 282 g/mol. The molecule has 110 valence electrons. The minimum absolute atomic E-state index is 0.0915. The van der Waals surface area contributed by atoms with Crippen molar-refractivity contribution < 1.29 is 19.0 Å². The van der Waals surface area contributed by atoms with Crippen molar-refractivity contribution >= 4 is 5.91 Å². The Morgan fingerprint density at radius 3 is 2.80 bits per heavy atom. The average molecular weight is 282 g/mol. The number of hydrogen-bond donors (Lipinski definition) is 2. The van der Waals surface area contributed by atoms with Gasteiger partial charge in [-0.25, -0.2) is 4.39 Å². The van der Waals surface area contributed by atoms with E-state index in [0.29, 0.717) is 51.4 Å². The fourth-order valence-corrected chi connectivity index (χ4v) is 2.13. The normalized spacial score (nSPS) is 15.3. The number of hydrogen-bond acceptors (Lipinski definition) is 4. The number of rotatable bonds is 5. The molecule has 0 aliphatic carbocycles. The van der Waals surface area contributed by atoms with Gasteiger partial charge >= 0.3 is 0 Å². The van der Waals surface area contributed by atoms with Gasteiger partial charge in [0.15, 0.2) is 0 Å². The van der Waals surface area contributed by atoms with Crippen molar-refractivity contribution in [1.29, 1.82) is 0 Å². The molecule has 0 spiro atoms. The van der Waals surface area contributed by atoms with Gasteiger partial charge in [0.05, 0.1) is 13.2 Å². The molecule has 0 saturated carbocycles. The average Bonchev–Trinajstić information content (AvgIpc) is 2.43. The summed E-state index contributed by atoms with van der Waals surface area (Å²) in [7, 11) is 0. The maximum atomic E-state index is 13.0. The van der Waals surface area contributed by atoms with Gasteiger partial charge in [0.25, 0.3) is 0 Å². The van der Waals surface area contributed by atoms with Gasteiger partial charge in [-0.2, -0.15) is 0 Å². The van der Waals surface area contributed by atoms with Crippen LogP contribution < -0.4 is 5.32 Å². The zero-order valence-corrected chi connectivity index (χ0v) is 11.3. The number of morpholine rings is 1. The van der Waals surface area contributed by atoms with Gasteiger partial charge < -0.3 is 20.1 Å². The number of nitrogens with zero attached hydrogens (tertiary/aromatic N) is 1. The summed E-state index contributed by atoms with van der Waals surface area (Å²) in [4.78, 5) is 13.6. The summed E-state index contributed by atoms with van der Waals surface area (Å²) in [5.74, 6) is -0.458. The highest BCUT2D eigenvalue weighted by Gasteiger charge is 2.15. The maximum absolute atomic E-state index is 13.0. The van der Waals surface area contributed by atoms with E-state index in [0.717, 1.165) is 6.07 Å². The van der Waals surface area contributed by atoms with Crippen LogP contribution in [0.4, 0.5) is 4.39 Å². The van der Waals surface area contributed by atoms with Crippen LogP contribution in [0.15, 0.2) is 18.2 Å². The van der Waals surface area contributed by atoms with E-state index in [1.807, 2.05) is 0 Å². The van der Waals surface area contributed by atoms with E-state index in [9.17, 15) is 14.3 Å². The summed E-state index contributed by atoms with van der Waals surface area (Å²) in [5, 5.41) is 12.3. The summed E-state index contributed by atoms with van der Waals surface area (Å²) in [6.07, 6.45) is 0.404. The third-order valence-electron chi connectivity index (χ3n) is 3.15. The van der Waals surface area contributed by atoms with Crippen molar-refractivity contribution in [2.75, 3.05) is 32.8 Å². The molecule has 20 heavy (non-hydrogen) atoms. The number of benzene rings is 1. The molecule has 5 nitrogen and oxygen atoms in total. The number of aromatic hydroxyl groups is 1. The molecule has 0 radical (unpaired) electrons. The second-order valence-corrected chi connectivity index (χ2v) is 4.74. The molecular weight excluding hydrogens is 263 g/mol. The van der Waals surface area contributed by atoms with Crippen LogP contribution in [0.25, 0.3) is 0 Å². The molecule has 1 saturated heterocycles. The van der Waals surface area contributed by atoms with Crippen molar-refractivity contribution in [3.05, 3.63) is 29.6 Å². The Morgan fingerprint density at radius 2 is 2.10 bits per heavy atom. The topological polar surface area (TPSA) is 61.8 Å².